The smallest absolute Gasteiger partial charge is 0.322 e. The molecule has 2 amide bonds. The molecule has 0 aliphatic carbocycles. The first-order valence-electron chi connectivity index (χ1n) is 9.66. The topological polar surface area (TPSA) is 83.3 Å². The third kappa shape index (κ3) is 4.66. The second-order valence-corrected chi connectivity index (χ2v) is 8.30. The summed E-state index contributed by atoms with van der Waals surface area (Å²) in [7, 11) is 0. The molecule has 7 nitrogen and oxygen atoms in total. The number of nitrogens with one attached hydrogen (secondary N) is 1. The average Bonchev–Trinajstić information content (AvgIpc) is 3.28. The Hall–Kier alpha value is -2.68. The maximum absolute atomic E-state index is 14.1. The van der Waals surface area contributed by atoms with Crippen molar-refractivity contribution >= 4 is 34.9 Å². The summed E-state index contributed by atoms with van der Waals surface area (Å²) in [5.74, 6) is 0.588. The van der Waals surface area contributed by atoms with Crippen molar-refractivity contribution in [3.8, 4) is 0 Å². The minimum Gasteiger partial charge on any atom is -0.391 e. The number of halogens is 3. The molecule has 0 radical (unpaired) electrons. The Morgan fingerprint density at radius 1 is 1.19 bits per heavy atom. The van der Waals surface area contributed by atoms with Gasteiger partial charge in [0.2, 0.25) is 0 Å². The van der Waals surface area contributed by atoms with Gasteiger partial charge in [0.05, 0.1) is 24.4 Å². The number of β-amino-alcohol motifs (C(OH)–C–C–N with tert-alkyl or cyclic N) is 1. The molecule has 2 N–H and O–H groups in total. The van der Waals surface area contributed by atoms with E-state index >= 15 is 0 Å². The molecular weight excluding hydrogens is 444 g/mol. The second kappa shape index (κ2) is 8.82. The number of carbonyl (C=O) groups excluding carboxylic acids is 1. The number of nitrogens with zero attached hydrogens (tertiary/aromatic N) is 4. The van der Waals surface area contributed by atoms with E-state index in [1.165, 1.54) is 17.0 Å². The Labute approximate surface area is 188 Å². The Morgan fingerprint density at radius 3 is 2.61 bits per heavy atom. The van der Waals surface area contributed by atoms with E-state index < -0.39 is 24.0 Å². The molecule has 1 aliphatic rings. The number of hydrogen-bond donors (Lipinski definition) is 2. The first-order chi connectivity index (χ1) is 14.8. The van der Waals surface area contributed by atoms with Gasteiger partial charge in [0.25, 0.3) is 0 Å². The number of rotatable bonds is 4. The van der Waals surface area contributed by atoms with Gasteiger partial charge < -0.3 is 19.9 Å². The molecule has 3 aromatic rings. The van der Waals surface area contributed by atoms with E-state index in [-0.39, 0.29) is 17.3 Å². The second-order valence-electron chi connectivity index (χ2n) is 7.43. The molecule has 1 aromatic heterocycles. The summed E-state index contributed by atoms with van der Waals surface area (Å²) in [5, 5.41) is 22.1. The number of aliphatic hydroxyl groups excluding tert-OH is 1. The van der Waals surface area contributed by atoms with Crippen molar-refractivity contribution in [3.63, 3.8) is 0 Å². The Balaban J connectivity index is 1.59. The van der Waals surface area contributed by atoms with Crippen LogP contribution in [0.2, 0.25) is 10.0 Å². The number of aliphatic hydroxyl groups is 1. The van der Waals surface area contributed by atoms with Crippen LogP contribution in [0.3, 0.4) is 0 Å². The maximum Gasteiger partial charge on any atom is 0.322 e. The molecule has 4 rings (SSSR count). The maximum atomic E-state index is 14.1. The lowest BCUT2D eigenvalue weighted by molar-refractivity contribution is 0.175. The number of urea groups is 1. The van der Waals surface area contributed by atoms with Crippen molar-refractivity contribution in [1.29, 1.82) is 0 Å². The highest BCUT2D eigenvalue weighted by Gasteiger charge is 2.38. The third-order valence-corrected chi connectivity index (χ3v) is 5.72. The van der Waals surface area contributed by atoms with Gasteiger partial charge in [0.1, 0.15) is 11.6 Å². The molecular formula is C21H20Cl2FN5O2. The van der Waals surface area contributed by atoms with Gasteiger partial charge in [-0.3, -0.25) is 0 Å². The van der Waals surface area contributed by atoms with Crippen LogP contribution in [0.1, 0.15) is 29.7 Å². The van der Waals surface area contributed by atoms with Crippen molar-refractivity contribution in [2.24, 2.45) is 0 Å². The minimum absolute atomic E-state index is 0.00773. The lowest BCUT2D eigenvalue weighted by Gasteiger charge is -2.25. The molecule has 2 atom stereocenters. The van der Waals surface area contributed by atoms with Gasteiger partial charge in [-0.25, -0.2) is 9.18 Å². The van der Waals surface area contributed by atoms with Gasteiger partial charge in [-0.15, -0.1) is 10.2 Å². The summed E-state index contributed by atoms with van der Waals surface area (Å²) in [6, 6.07) is 10.4. The van der Waals surface area contributed by atoms with E-state index in [0.717, 1.165) is 11.6 Å². The molecule has 1 saturated heterocycles. The van der Waals surface area contributed by atoms with Crippen LogP contribution >= 0.6 is 23.2 Å². The first kappa shape index (κ1) is 21.5. The van der Waals surface area contributed by atoms with Crippen molar-refractivity contribution < 1.29 is 14.3 Å². The number of likely N-dealkylation sites (tertiary alicyclic amines) is 1. The molecule has 2 aromatic carbocycles. The fourth-order valence-electron chi connectivity index (χ4n) is 3.67. The van der Waals surface area contributed by atoms with Crippen LogP contribution in [0.25, 0.3) is 0 Å². The Morgan fingerprint density at radius 2 is 1.90 bits per heavy atom. The Kier molecular flexibility index (Phi) is 6.13. The largest absolute Gasteiger partial charge is 0.391 e. The predicted molar refractivity (Wildman–Crippen MR) is 116 cm³/mol. The van der Waals surface area contributed by atoms with Crippen molar-refractivity contribution in [3.05, 3.63) is 75.5 Å². The molecule has 10 heteroatoms. The highest BCUT2D eigenvalue weighted by Crippen LogP contribution is 2.33. The lowest BCUT2D eigenvalue weighted by atomic mass is 10.1. The lowest BCUT2D eigenvalue weighted by Crippen LogP contribution is -2.36. The first-order valence-corrected chi connectivity index (χ1v) is 10.4. The fraction of sp³-hybridized carbons (Fsp3) is 0.286. The summed E-state index contributed by atoms with van der Waals surface area (Å²) in [6.45, 7) is 2.41. The van der Waals surface area contributed by atoms with Gasteiger partial charge in [0.15, 0.2) is 5.82 Å². The zero-order valence-electron chi connectivity index (χ0n) is 16.6. The monoisotopic (exact) mass is 463 g/mol. The number of carbonyl (C=O) groups is 1. The van der Waals surface area contributed by atoms with Crippen LogP contribution in [-0.4, -0.2) is 43.5 Å². The summed E-state index contributed by atoms with van der Waals surface area (Å²) in [4.78, 5) is 14.4. The van der Waals surface area contributed by atoms with Crippen molar-refractivity contribution in [1.82, 2.24) is 19.7 Å². The van der Waals surface area contributed by atoms with E-state index in [2.05, 4.69) is 15.5 Å². The third-order valence-electron chi connectivity index (χ3n) is 5.23. The molecule has 31 heavy (non-hydrogen) atoms. The molecule has 1 fully saturated rings. The van der Waals surface area contributed by atoms with Crippen LogP contribution in [0.15, 0.2) is 42.5 Å². The van der Waals surface area contributed by atoms with Gasteiger partial charge in [-0.05, 0) is 42.8 Å². The number of aryl methyl sites for hydroxylation is 1. The van der Waals surface area contributed by atoms with Crippen molar-refractivity contribution in [2.75, 3.05) is 11.9 Å². The Bertz CT molecular complexity index is 1110. The highest BCUT2D eigenvalue weighted by atomic mass is 35.5. The molecule has 0 spiro atoms. The molecule has 0 bridgehead atoms. The number of amides is 2. The van der Waals surface area contributed by atoms with E-state index in [4.69, 9.17) is 23.2 Å². The summed E-state index contributed by atoms with van der Waals surface area (Å²) < 4.78 is 16.0. The van der Waals surface area contributed by atoms with Crippen LogP contribution in [0.4, 0.5) is 14.9 Å². The van der Waals surface area contributed by atoms with E-state index in [0.29, 0.717) is 29.6 Å². The average molecular weight is 464 g/mol. The standard InChI is InChI=1S/C21H20Cl2FN5O2/c1-12-26-27-20(28(12)10-13-2-4-14(22)5-3-13)19-9-16(30)11-29(19)21(31)25-18-7-6-15(23)8-17(18)24/h2-8,16,19,30H,9-11H2,1H3,(H,25,31)/t16-,19+/m0/s1. The fourth-order valence-corrected chi connectivity index (χ4v) is 3.96. The van der Waals surface area contributed by atoms with E-state index in [1.54, 1.807) is 12.1 Å². The number of benzene rings is 2. The van der Waals surface area contributed by atoms with Crippen LogP contribution < -0.4 is 5.32 Å². The molecule has 2 heterocycles. The minimum atomic E-state index is -0.730. The number of aromatic nitrogens is 3. The zero-order valence-corrected chi connectivity index (χ0v) is 18.1. The predicted octanol–water partition coefficient (Wildman–Crippen LogP) is 4.42. The van der Waals surface area contributed by atoms with E-state index in [9.17, 15) is 14.3 Å². The van der Waals surface area contributed by atoms with Crippen LogP contribution in [0, 0.1) is 12.7 Å². The van der Waals surface area contributed by atoms with Crippen molar-refractivity contribution in [2.45, 2.75) is 32.0 Å². The van der Waals surface area contributed by atoms with Crippen LogP contribution in [0.5, 0.6) is 0 Å². The molecule has 0 saturated carbocycles. The van der Waals surface area contributed by atoms with Gasteiger partial charge in [-0.2, -0.15) is 0 Å². The molecule has 0 unspecified atom stereocenters. The summed E-state index contributed by atoms with van der Waals surface area (Å²) in [6.07, 6.45) is -0.429. The summed E-state index contributed by atoms with van der Waals surface area (Å²) >= 11 is 11.7. The number of anilines is 1. The molecule has 1 aliphatic heterocycles. The zero-order chi connectivity index (χ0) is 22.1. The quantitative estimate of drug-likeness (QED) is 0.599. The normalized spacial score (nSPS) is 18.4. The number of hydrogen-bond acceptors (Lipinski definition) is 4. The van der Waals surface area contributed by atoms with Gasteiger partial charge in [0, 0.05) is 23.0 Å². The summed E-state index contributed by atoms with van der Waals surface area (Å²) in [5.41, 5.74) is 1.000. The molecule has 162 valence electrons. The SMILES string of the molecule is Cc1nnc([C@H]2C[C@H](O)CN2C(=O)Nc2ccc(Cl)cc2F)n1Cc1ccc(Cl)cc1. The van der Waals surface area contributed by atoms with Gasteiger partial charge >= 0.3 is 6.03 Å². The van der Waals surface area contributed by atoms with E-state index in [1.807, 2.05) is 23.6 Å². The van der Waals surface area contributed by atoms with Gasteiger partial charge in [-0.1, -0.05) is 35.3 Å². The van der Waals surface area contributed by atoms with Crippen LogP contribution in [-0.2, 0) is 6.54 Å². The highest BCUT2D eigenvalue weighted by molar-refractivity contribution is 6.30.